The molecule has 1 amide bonds. The standard InChI is InChI=1S/C23H28N2OS.C2H6.CH2O2/c1-3-23(25-22(27)24-21(26)20-7-5-4-6-8-20)15-13-19(14-16-23)18-11-9-17(2)10-12-18;1-2;2-1-3/h4-12,19H,3,13-16H2,1-2H3,(H2,24,25,26,27);1-2H3;1H,(H,2,3). The van der Waals surface area contributed by atoms with Crippen LogP contribution in [0.15, 0.2) is 54.6 Å². The molecule has 1 saturated carbocycles. The maximum atomic E-state index is 12.3. The molecule has 0 spiro atoms. The molecule has 3 rings (SSSR count). The highest BCUT2D eigenvalue weighted by Crippen LogP contribution is 2.39. The Kier molecular flexibility index (Phi) is 12.2. The summed E-state index contributed by atoms with van der Waals surface area (Å²) >= 11 is 5.44. The average Bonchev–Trinajstić information content (AvgIpc) is 2.82. The van der Waals surface area contributed by atoms with Gasteiger partial charge >= 0.3 is 0 Å². The summed E-state index contributed by atoms with van der Waals surface area (Å²) in [5, 5.41) is 13.6. The van der Waals surface area contributed by atoms with Gasteiger partial charge in [0.15, 0.2) is 5.11 Å². The van der Waals surface area contributed by atoms with Crippen molar-refractivity contribution in [2.75, 3.05) is 0 Å². The maximum Gasteiger partial charge on any atom is 0.290 e. The first-order chi connectivity index (χ1) is 15.4. The highest BCUT2D eigenvalue weighted by atomic mass is 32.1. The van der Waals surface area contributed by atoms with Gasteiger partial charge in [0.2, 0.25) is 0 Å². The molecule has 0 aliphatic heterocycles. The van der Waals surface area contributed by atoms with Gasteiger partial charge in [-0.1, -0.05) is 68.8 Å². The van der Waals surface area contributed by atoms with Crippen molar-refractivity contribution in [2.24, 2.45) is 0 Å². The summed E-state index contributed by atoms with van der Waals surface area (Å²) in [6.07, 6.45) is 5.39. The molecule has 1 aliphatic carbocycles. The second-order valence-corrected chi connectivity index (χ2v) is 8.11. The van der Waals surface area contributed by atoms with Crippen molar-refractivity contribution >= 4 is 29.7 Å². The second-order valence-electron chi connectivity index (χ2n) is 7.70. The molecule has 0 radical (unpaired) electrons. The number of benzene rings is 2. The monoisotopic (exact) mass is 456 g/mol. The molecule has 6 heteroatoms. The van der Waals surface area contributed by atoms with Crippen LogP contribution in [-0.4, -0.2) is 28.1 Å². The van der Waals surface area contributed by atoms with Crippen molar-refractivity contribution in [3.05, 3.63) is 71.3 Å². The van der Waals surface area contributed by atoms with Crippen LogP contribution >= 0.6 is 12.2 Å². The Bertz CT molecular complexity index is 830. The van der Waals surface area contributed by atoms with Gasteiger partial charge in [-0.05, 0) is 74.9 Å². The third-order valence-corrected chi connectivity index (χ3v) is 6.01. The Morgan fingerprint density at radius 3 is 2.12 bits per heavy atom. The van der Waals surface area contributed by atoms with Gasteiger partial charge in [0.05, 0.1) is 0 Å². The van der Waals surface area contributed by atoms with E-state index in [2.05, 4.69) is 48.7 Å². The van der Waals surface area contributed by atoms with Crippen LogP contribution in [0.25, 0.3) is 0 Å². The van der Waals surface area contributed by atoms with Crippen LogP contribution < -0.4 is 10.6 Å². The van der Waals surface area contributed by atoms with Crippen LogP contribution in [0.2, 0.25) is 0 Å². The summed E-state index contributed by atoms with van der Waals surface area (Å²) in [6, 6.07) is 18.1. The summed E-state index contributed by atoms with van der Waals surface area (Å²) < 4.78 is 0. The molecule has 174 valence electrons. The zero-order valence-corrected chi connectivity index (χ0v) is 20.4. The highest BCUT2D eigenvalue weighted by Gasteiger charge is 2.35. The molecule has 2 aromatic carbocycles. The number of amides is 1. The van der Waals surface area contributed by atoms with Crippen LogP contribution in [0, 0.1) is 6.92 Å². The molecule has 1 fully saturated rings. The average molecular weight is 457 g/mol. The number of carbonyl (C=O) groups is 2. The van der Waals surface area contributed by atoms with E-state index in [1.54, 1.807) is 12.1 Å². The number of hydrogen-bond acceptors (Lipinski definition) is 3. The van der Waals surface area contributed by atoms with E-state index in [0.717, 1.165) is 32.1 Å². The normalized spacial score (nSPS) is 19.2. The Morgan fingerprint density at radius 2 is 1.62 bits per heavy atom. The zero-order chi connectivity index (χ0) is 24.0. The highest BCUT2D eigenvalue weighted by molar-refractivity contribution is 7.80. The third kappa shape index (κ3) is 8.42. The van der Waals surface area contributed by atoms with E-state index >= 15 is 0 Å². The second kappa shape index (κ2) is 14.4. The van der Waals surface area contributed by atoms with E-state index < -0.39 is 0 Å². The Hall–Kier alpha value is -2.73. The molecule has 32 heavy (non-hydrogen) atoms. The van der Waals surface area contributed by atoms with Crippen LogP contribution in [0.1, 0.15) is 80.3 Å². The number of rotatable bonds is 4. The molecule has 0 atom stereocenters. The SMILES string of the molecule is CC.CCC1(NC(=S)NC(=O)c2ccccc2)CCC(c2ccc(C)cc2)CC1.O=CO. The number of thiocarbonyl (C=S) groups is 1. The van der Waals surface area contributed by atoms with E-state index in [4.69, 9.17) is 22.1 Å². The van der Waals surface area contributed by atoms with Gasteiger partial charge in [-0.3, -0.25) is 14.9 Å². The minimum absolute atomic E-state index is 0.0255. The van der Waals surface area contributed by atoms with E-state index in [-0.39, 0.29) is 17.9 Å². The first-order valence-electron chi connectivity index (χ1n) is 11.3. The summed E-state index contributed by atoms with van der Waals surface area (Å²) in [5.74, 6) is 0.451. The van der Waals surface area contributed by atoms with Crippen molar-refractivity contribution in [1.29, 1.82) is 0 Å². The molecule has 3 N–H and O–H groups in total. The van der Waals surface area contributed by atoms with Crippen molar-refractivity contribution < 1.29 is 14.7 Å². The molecule has 0 heterocycles. The lowest BCUT2D eigenvalue weighted by Crippen LogP contribution is -2.54. The molecule has 0 saturated heterocycles. The van der Waals surface area contributed by atoms with Crippen molar-refractivity contribution in [3.8, 4) is 0 Å². The molecule has 2 aromatic rings. The van der Waals surface area contributed by atoms with Crippen molar-refractivity contribution in [2.45, 2.75) is 71.3 Å². The Labute approximate surface area is 197 Å². The predicted octanol–water partition coefficient (Wildman–Crippen LogP) is 5.83. The summed E-state index contributed by atoms with van der Waals surface area (Å²) in [7, 11) is 0. The minimum Gasteiger partial charge on any atom is -0.483 e. The number of aryl methyl sites for hydroxylation is 1. The fraction of sp³-hybridized carbons (Fsp3) is 0.423. The molecular formula is C26H36N2O3S. The number of nitrogens with one attached hydrogen (secondary N) is 2. The molecule has 0 aromatic heterocycles. The molecule has 1 aliphatic rings. The van der Waals surface area contributed by atoms with E-state index in [9.17, 15) is 4.79 Å². The van der Waals surface area contributed by atoms with Crippen LogP contribution in [0.4, 0.5) is 0 Å². The summed E-state index contributed by atoms with van der Waals surface area (Å²) in [6.45, 7) is 8.07. The Morgan fingerprint density at radius 1 is 1.09 bits per heavy atom. The third-order valence-electron chi connectivity index (χ3n) is 5.81. The van der Waals surface area contributed by atoms with Crippen molar-refractivity contribution in [1.82, 2.24) is 10.6 Å². The van der Waals surface area contributed by atoms with Crippen LogP contribution in [0.5, 0.6) is 0 Å². The van der Waals surface area contributed by atoms with Gasteiger partial charge in [-0.15, -0.1) is 0 Å². The summed E-state index contributed by atoms with van der Waals surface area (Å²) in [5.41, 5.74) is 3.33. The smallest absolute Gasteiger partial charge is 0.290 e. The van der Waals surface area contributed by atoms with Gasteiger partial charge in [0.1, 0.15) is 0 Å². The van der Waals surface area contributed by atoms with Gasteiger partial charge in [0.25, 0.3) is 12.4 Å². The molecule has 0 unspecified atom stereocenters. The van der Waals surface area contributed by atoms with E-state index in [1.165, 1.54) is 11.1 Å². The van der Waals surface area contributed by atoms with E-state index in [0.29, 0.717) is 16.6 Å². The van der Waals surface area contributed by atoms with Gasteiger partial charge < -0.3 is 10.4 Å². The predicted molar refractivity (Wildman–Crippen MR) is 135 cm³/mol. The van der Waals surface area contributed by atoms with Gasteiger partial charge in [-0.25, -0.2) is 0 Å². The summed E-state index contributed by atoms with van der Waals surface area (Å²) in [4.78, 5) is 20.7. The van der Waals surface area contributed by atoms with Crippen LogP contribution in [-0.2, 0) is 4.79 Å². The number of carboxylic acid groups (broad SMARTS) is 1. The maximum absolute atomic E-state index is 12.3. The Balaban J connectivity index is 0.000000944. The quantitative estimate of drug-likeness (QED) is 0.398. The first-order valence-corrected chi connectivity index (χ1v) is 11.7. The molecule has 0 bridgehead atoms. The topological polar surface area (TPSA) is 78.4 Å². The largest absolute Gasteiger partial charge is 0.483 e. The molecular weight excluding hydrogens is 420 g/mol. The van der Waals surface area contributed by atoms with Crippen LogP contribution in [0.3, 0.4) is 0 Å². The lowest BCUT2D eigenvalue weighted by molar-refractivity contribution is -0.122. The minimum atomic E-state index is -0.250. The molecule has 5 nitrogen and oxygen atoms in total. The number of carbonyl (C=O) groups excluding carboxylic acids is 1. The zero-order valence-electron chi connectivity index (χ0n) is 19.6. The lowest BCUT2D eigenvalue weighted by Gasteiger charge is -2.41. The fourth-order valence-corrected chi connectivity index (χ4v) is 4.26. The van der Waals surface area contributed by atoms with E-state index in [1.807, 2.05) is 32.0 Å². The fourth-order valence-electron chi connectivity index (χ4n) is 3.95. The lowest BCUT2D eigenvalue weighted by atomic mass is 9.73. The number of hydrogen-bond donors (Lipinski definition) is 3. The van der Waals surface area contributed by atoms with Gasteiger partial charge in [-0.2, -0.15) is 0 Å². The first kappa shape index (κ1) is 27.3. The van der Waals surface area contributed by atoms with Gasteiger partial charge in [0, 0.05) is 11.1 Å². The van der Waals surface area contributed by atoms with Crippen molar-refractivity contribution in [3.63, 3.8) is 0 Å².